The molecule has 20 heavy (non-hydrogen) atoms. The lowest BCUT2D eigenvalue weighted by Gasteiger charge is -2.07. The second-order valence-electron chi connectivity index (χ2n) is 4.82. The first-order valence-corrected chi connectivity index (χ1v) is 7.85. The largest absolute Gasteiger partial charge is 0.371 e. The van der Waals surface area contributed by atoms with E-state index in [-0.39, 0.29) is 5.97 Å². The molecule has 0 aliphatic heterocycles. The Labute approximate surface area is 123 Å². The molecule has 5 N–H and O–H groups in total. The van der Waals surface area contributed by atoms with Crippen molar-refractivity contribution in [3.63, 3.8) is 0 Å². The minimum absolute atomic E-state index is 0.161. The number of unbranched alkanes of at least 4 members (excludes halogenated alkanes) is 4. The molecule has 0 bridgehead atoms. The highest BCUT2D eigenvalue weighted by Crippen LogP contribution is 2.05. The van der Waals surface area contributed by atoms with E-state index in [0.717, 1.165) is 39.0 Å². The first-order valence-electron chi connectivity index (χ1n) is 7.85. The molecule has 0 spiro atoms. The lowest BCUT2D eigenvalue weighted by molar-refractivity contribution is -0.151. The summed E-state index contributed by atoms with van der Waals surface area (Å²) in [6.07, 6.45) is 6.22. The maximum atomic E-state index is 11.4. The van der Waals surface area contributed by atoms with Gasteiger partial charge in [0.1, 0.15) is 0 Å². The molecule has 6 heteroatoms. The Hall–Kier alpha value is -0.690. The average molecular weight is 288 g/mol. The van der Waals surface area contributed by atoms with Crippen LogP contribution >= 0.6 is 0 Å². The van der Waals surface area contributed by atoms with E-state index in [2.05, 4.69) is 23.0 Å². The van der Waals surface area contributed by atoms with Crippen LogP contribution in [0.3, 0.4) is 0 Å². The van der Waals surface area contributed by atoms with E-state index in [1.54, 1.807) is 0 Å². The predicted octanol–water partition coefficient (Wildman–Crippen LogP) is 0.533. The summed E-state index contributed by atoms with van der Waals surface area (Å²) in [7, 11) is 0. The molecule has 0 rings (SSSR count). The van der Waals surface area contributed by atoms with Gasteiger partial charge in [-0.25, -0.2) is 0 Å². The van der Waals surface area contributed by atoms with Crippen molar-refractivity contribution in [2.45, 2.75) is 45.4 Å². The summed E-state index contributed by atoms with van der Waals surface area (Å²) in [6.45, 7) is 6.86. The van der Waals surface area contributed by atoms with Gasteiger partial charge in [0.15, 0.2) is 0 Å². The number of nitrogens with two attached hydrogens (primary N) is 1. The summed E-state index contributed by atoms with van der Waals surface area (Å²) in [5.41, 5.74) is 8.04. The fourth-order valence-corrected chi connectivity index (χ4v) is 1.72. The lowest BCUT2D eigenvalue weighted by Crippen LogP contribution is -2.34. The Morgan fingerprint density at radius 2 is 1.60 bits per heavy atom. The Balaban J connectivity index is 3.11. The molecule has 6 nitrogen and oxygen atoms in total. The van der Waals surface area contributed by atoms with Gasteiger partial charge in [-0.2, -0.15) is 5.48 Å². The van der Waals surface area contributed by atoms with Gasteiger partial charge in [0.05, 0.1) is 0 Å². The van der Waals surface area contributed by atoms with Gasteiger partial charge < -0.3 is 21.2 Å². The fourth-order valence-electron chi connectivity index (χ4n) is 1.72. The number of nitrogens with one attached hydrogen (secondary N) is 3. The molecule has 0 atom stereocenters. The van der Waals surface area contributed by atoms with Crippen molar-refractivity contribution in [1.29, 1.82) is 0 Å². The first kappa shape index (κ1) is 19.3. The summed E-state index contributed by atoms with van der Waals surface area (Å²) in [5, 5.41) is 6.42. The number of hydrogen-bond donors (Lipinski definition) is 4. The van der Waals surface area contributed by atoms with E-state index in [4.69, 9.17) is 10.6 Å². The van der Waals surface area contributed by atoms with Crippen molar-refractivity contribution in [3.8, 4) is 0 Å². The van der Waals surface area contributed by atoms with Crippen molar-refractivity contribution in [2.75, 3.05) is 39.3 Å². The molecular formula is C14H32N4O2. The van der Waals surface area contributed by atoms with Crippen molar-refractivity contribution < 1.29 is 9.63 Å². The standard InChI is InChI=1S/C14H32N4O2/c1-2-3-4-5-6-7-14(19)20-18-13-12-17-11-10-16-9-8-15/h16-18H,2-13,15H2,1H3. The van der Waals surface area contributed by atoms with Gasteiger partial charge in [0, 0.05) is 45.7 Å². The third kappa shape index (κ3) is 15.4. The average Bonchev–Trinajstić information content (AvgIpc) is 2.45. The SMILES string of the molecule is CCCCCCCC(=O)ONCCNCCNCCN. The molecule has 120 valence electrons. The van der Waals surface area contributed by atoms with Crippen molar-refractivity contribution in [3.05, 3.63) is 0 Å². The number of carbonyl (C=O) groups is 1. The predicted molar refractivity (Wildman–Crippen MR) is 82.3 cm³/mol. The van der Waals surface area contributed by atoms with Crippen LogP contribution < -0.4 is 21.8 Å². The molecule has 0 amide bonds. The second-order valence-corrected chi connectivity index (χ2v) is 4.82. The lowest BCUT2D eigenvalue weighted by atomic mass is 10.1. The molecule has 0 aliphatic carbocycles. The van der Waals surface area contributed by atoms with Gasteiger partial charge in [-0.1, -0.05) is 32.6 Å². The van der Waals surface area contributed by atoms with Crippen LogP contribution in [0.25, 0.3) is 0 Å². The topological polar surface area (TPSA) is 88.4 Å². The van der Waals surface area contributed by atoms with E-state index in [9.17, 15) is 4.79 Å². The van der Waals surface area contributed by atoms with Crippen LogP contribution in [-0.2, 0) is 9.63 Å². The fraction of sp³-hybridized carbons (Fsp3) is 0.929. The highest BCUT2D eigenvalue weighted by atomic mass is 16.7. The molecule has 0 aromatic heterocycles. The number of hydroxylamine groups is 1. The molecule has 0 aromatic carbocycles. The molecule has 0 fully saturated rings. The van der Waals surface area contributed by atoms with Gasteiger partial charge in [-0.05, 0) is 6.42 Å². The van der Waals surface area contributed by atoms with E-state index in [1.165, 1.54) is 19.3 Å². The zero-order chi connectivity index (χ0) is 14.9. The van der Waals surface area contributed by atoms with Gasteiger partial charge in [0.2, 0.25) is 0 Å². The summed E-state index contributed by atoms with van der Waals surface area (Å²) in [5.74, 6) is -0.161. The van der Waals surface area contributed by atoms with E-state index >= 15 is 0 Å². The summed E-state index contributed by atoms with van der Waals surface area (Å²) in [6, 6.07) is 0. The quantitative estimate of drug-likeness (QED) is 0.260. The third-order valence-electron chi connectivity index (χ3n) is 2.87. The van der Waals surface area contributed by atoms with Crippen molar-refractivity contribution in [2.24, 2.45) is 5.73 Å². The number of carbonyl (C=O) groups excluding carboxylic acids is 1. The van der Waals surface area contributed by atoms with Gasteiger partial charge >= 0.3 is 5.97 Å². The molecule has 0 radical (unpaired) electrons. The zero-order valence-electron chi connectivity index (χ0n) is 12.9. The maximum Gasteiger partial charge on any atom is 0.324 e. The minimum atomic E-state index is -0.161. The zero-order valence-corrected chi connectivity index (χ0v) is 12.9. The Bertz CT molecular complexity index is 215. The minimum Gasteiger partial charge on any atom is -0.371 e. The molecule has 0 saturated heterocycles. The molecule has 0 unspecified atom stereocenters. The van der Waals surface area contributed by atoms with Gasteiger partial charge in [-0.15, -0.1) is 0 Å². The number of hydrogen-bond acceptors (Lipinski definition) is 6. The normalized spacial score (nSPS) is 10.7. The smallest absolute Gasteiger partial charge is 0.324 e. The van der Waals surface area contributed by atoms with Crippen LogP contribution in [0.1, 0.15) is 45.4 Å². The summed E-state index contributed by atoms with van der Waals surface area (Å²) >= 11 is 0. The number of rotatable bonds is 15. The molecule has 0 aliphatic rings. The van der Waals surface area contributed by atoms with E-state index in [0.29, 0.717) is 19.5 Å². The first-order chi connectivity index (χ1) is 9.81. The van der Waals surface area contributed by atoms with Crippen molar-refractivity contribution >= 4 is 5.97 Å². The van der Waals surface area contributed by atoms with Crippen LogP contribution in [0.4, 0.5) is 0 Å². The maximum absolute atomic E-state index is 11.4. The Morgan fingerprint density at radius 1 is 0.950 bits per heavy atom. The van der Waals surface area contributed by atoms with E-state index < -0.39 is 0 Å². The highest BCUT2D eigenvalue weighted by Gasteiger charge is 2.01. The van der Waals surface area contributed by atoms with E-state index in [1.807, 2.05) is 0 Å². The van der Waals surface area contributed by atoms with Gasteiger partial charge in [0.25, 0.3) is 0 Å². The molecule has 0 heterocycles. The summed E-state index contributed by atoms with van der Waals surface area (Å²) in [4.78, 5) is 16.3. The van der Waals surface area contributed by atoms with Crippen LogP contribution in [0, 0.1) is 0 Å². The Kier molecular flexibility index (Phi) is 15.8. The monoisotopic (exact) mass is 288 g/mol. The van der Waals surface area contributed by atoms with Crippen LogP contribution in [-0.4, -0.2) is 45.2 Å². The van der Waals surface area contributed by atoms with Crippen molar-refractivity contribution in [1.82, 2.24) is 16.1 Å². The third-order valence-corrected chi connectivity index (χ3v) is 2.87. The molecule has 0 aromatic rings. The van der Waals surface area contributed by atoms with Crippen LogP contribution in [0.2, 0.25) is 0 Å². The molecular weight excluding hydrogens is 256 g/mol. The van der Waals surface area contributed by atoms with Crippen LogP contribution in [0.15, 0.2) is 0 Å². The Morgan fingerprint density at radius 3 is 2.30 bits per heavy atom. The second kappa shape index (κ2) is 16.4. The molecule has 0 saturated carbocycles. The summed E-state index contributed by atoms with van der Waals surface area (Å²) < 4.78 is 0. The van der Waals surface area contributed by atoms with Gasteiger partial charge in [-0.3, -0.25) is 4.79 Å². The van der Waals surface area contributed by atoms with Crippen LogP contribution in [0.5, 0.6) is 0 Å². The highest BCUT2D eigenvalue weighted by molar-refractivity contribution is 5.68.